The molecule has 2 aliphatic rings. The molecule has 2 heterocycles. The van der Waals surface area contributed by atoms with Crippen molar-refractivity contribution in [1.29, 1.82) is 0 Å². The van der Waals surface area contributed by atoms with Crippen molar-refractivity contribution >= 4 is 5.91 Å². The number of likely N-dealkylation sites (N-methyl/N-ethyl adjacent to an activating group) is 1. The van der Waals surface area contributed by atoms with Crippen molar-refractivity contribution < 1.29 is 9.53 Å². The van der Waals surface area contributed by atoms with Gasteiger partial charge in [0, 0.05) is 30.6 Å². The van der Waals surface area contributed by atoms with E-state index in [4.69, 9.17) is 4.74 Å². The number of fused-ring (bicyclic) bond motifs is 5. The topological polar surface area (TPSA) is 29.5 Å². The van der Waals surface area contributed by atoms with Gasteiger partial charge in [0.25, 0.3) is 0 Å². The Morgan fingerprint density at radius 2 is 1.86 bits per heavy atom. The molecule has 0 saturated carbocycles. The molecule has 2 atom stereocenters. The lowest BCUT2D eigenvalue weighted by Crippen LogP contribution is -2.21. The Balaban J connectivity index is 1.98. The highest BCUT2D eigenvalue weighted by Gasteiger charge is 2.44. The number of hydrogen-bond donors (Lipinski definition) is 0. The molecular weight excluding hydrogens is 262 g/mol. The van der Waals surface area contributed by atoms with Crippen LogP contribution in [0.25, 0.3) is 0 Å². The second-order valence-electron chi connectivity index (χ2n) is 5.98. The van der Waals surface area contributed by atoms with E-state index >= 15 is 0 Å². The molecule has 0 unspecified atom stereocenters. The zero-order valence-electron chi connectivity index (χ0n) is 12.2. The average Bonchev–Trinajstić information content (AvgIpc) is 2.70. The summed E-state index contributed by atoms with van der Waals surface area (Å²) in [5.41, 5.74) is 3.35. The van der Waals surface area contributed by atoms with Gasteiger partial charge in [0.1, 0.15) is 11.5 Å². The van der Waals surface area contributed by atoms with Gasteiger partial charge in [-0.2, -0.15) is 0 Å². The highest BCUT2D eigenvalue weighted by molar-refractivity contribution is 5.88. The Hall–Kier alpha value is -2.29. The van der Waals surface area contributed by atoms with Crippen LogP contribution in [0.2, 0.25) is 0 Å². The number of ether oxygens (including phenoxy) is 1. The summed E-state index contributed by atoms with van der Waals surface area (Å²) >= 11 is 0. The number of rotatable bonds is 0. The molecule has 1 amide bonds. The van der Waals surface area contributed by atoms with Crippen molar-refractivity contribution in [3.63, 3.8) is 0 Å². The van der Waals surface area contributed by atoms with Gasteiger partial charge in [-0.25, -0.2) is 0 Å². The minimum atomic E-state index is -0.130. The van der Waals surface area contributed by atoms with E-state index in [1.807, 2.05) is 42.3 Å². The van der Waals surface area contributed by atoms with E-state index in [1.54, 1.807) is 0 Å². The van der Waals surface area contributed by atoms with Gasteiger partial charge in [0.2, 0.25) is 5.91 Å². The van der Waals surface area contributed by atoms with Crippen LogP contribution in [0.1, 0.15) is 28.5 Å². The van der Waals surface area contributed by atoms with Crippen molar-refractivity contribution in [2.45, 2.75) is 18.8 Å². The van der Waals surface area contributed by atoms with E-state index in [2.05, 4.69) is 19.1 Å². The predicted octanol–water partition coefficient (Wildman–Crippen LogP) is 3.44. The van der Waals surface area contributed by atoms with Crippen LogP contribution in [0.3, 0.4) is 0 Å². The summed E-state index contributed by atoms with van der Waals surface area (Å²) < 4.78 is 6.11. The van der Waals surface area contributed by atoms with Gasteiger partial charge < -0.3 is 9.64 Å². The number of amides is 1. The quantitative estimate of drug-likeness (QED) is 0.739. The lowest BCUT2D eigenvalue weighted by atomic mass is 9.83. The van der Waals surface area contributed by atoms with Crippen LogP contribution in [0.5, 0.6) is 11.5 Å². The molecule has 3 nitrogen and oxygen atoms in total. The van der Waals surface area contributed by atoms with Crippen LogP contribution in [0.4, 0.5) is 0 Å². The molecule has 0 aliphatic carbocycles. The molecule has 0 radical (unpaired) electrons. The Morgan fingerprint density at radius 3 is 2.71 bits per heavy atom. The number of aryl methyl sites for hydroxylation is 1. The Bertz CT molecular complexity index is 738. The van der Waals surface area contributed by atoms with Gasteiger partial charge in [-0.05, 0) is 19.1 Å². The minimum Gasteiger partial charge on any atom is -0.457 e. The van der Waals surface area contributed by atoms with Crippen molar-refractivity contribution in [3.8, 4) is 11.5 Å². The fraction of sp³-hybridized carbons (Fsp3) is 0.278. The number of carbonyl (C=O) groups is 1. The first-order valence-electron chi connectivity index (χ1n) is 7.27. The Morgan fingerprint density at radius 1 is 1.10 bits per heavy atom. The maximum Gasteiger partial charge on any atom is 0.230 e. The fourth-order valence-electron chi connectivity index (χ4n) is 3.53. The first-order chi connectivity index (χ1) is 10.1. The van der Waals surface area contributed by atoms with Crippen molar-refractivity contribution in [2.24, 2.45) is 0 Å². The molecule has 3 heteroatoms. The average molecular weight is 279 g/mol. The van der Waals surface area contributed by atoms with Gasteiger partial charge in [0.05, 0.1) is 5.92 Å². The monoisotopic (exact) mass is 279 g/mol. The van der Waals surface area contributed by atoms with Gasteiger partial charge >= 0.3 is 0 Å². The van der Waals surface area contributed by atoms with E-state index in [1.165, 1.54) is 5.56 Å². The van der Waals surface area contributed by atoms with E-state index in [9.17, 15) is 4.79 Å². The normalized spacial score (nSPS) is 23.0. The summed E-state index contributed by atoms with van der Waals surface area (Å²) in [7, 11) is 1.88. The molecule has 2 aromatic rings. The third-order valence-corrected chi connectivity index (χ3v) is 4.55. The van der Waals surface area contributed by atoms with Crippen LogP contribution in [-0.2, 0) is 4.79 Å². The number of hydrogen-bond acceptors (Lipinski definition) is 2. The molecule has 0 N–H and O–H groups in total. The van der Waals surface area contributed by atoms with Crippen molar-refractivity contribution in [1.82, 2.24) is 4.90 Å². The number of carbonyl (C=O) groups excluding carboxylic acids is 1. The summed E-state index contributed by atoms with van der Waals surface area (Å²) in [6.45, 7) is 2.82. The lowest BCUT2D eigenvalue weighted by molar-refractivity contribution is -0.127. The molecule has 106 valence electrons. The van der Waals surface area contributed by atoms with Crippen LogP contribution in [0, 0.1) is 6.92 Å². The van der Waals surface area contributed by atoms with E-state index in [0.29, 0.717) is 0 Å². The standard InChI is InChI=1S/C18H17NO2/c1-11-7-8-16-13(9-11)14-10-19(2)18(20)17(14)12-5-3-4-6-15(12)21-16/h3-9,14,17H,10H2,1-2H3/t14-,17-/m1/s1. The number of nitrogens with zero attached hydrogens (tertiary/aromatic N) is 1. The maximum atomic E-state index is 12.6. The summed E-state index contributed by atoms with van der Waals surface area (Å²) in [5, 5.41) is 0. The minimum absolute atomic E-state index is 0.130. The fourth-order valence-corrected chi connectivity index (χ4v) is 3.53. The molecule has 2 aromatic carbocycles. The Labute approximate surface area is 124 Å². The molecule has 0 aromatic heterocycles. The Kier molecular flexibility index (Phi) is 2.58. The second-order valence-corrected chi connectivity index (χ2v) is 5.98. The summed E-state index contributed by atoms with van der Waals surface area (Å²) in [5.74, 6) is 1.91. The molecule has 1 saturated heterocycles. The predicted molar refractivity (Wildman–Crippen MR) is 80.8 cm³/mol. The molecule has 2 aliphatic heterocycles. The van der Waals surface area contributed by atoms with E-state index in [0.717, 1.165) is 29.2 Å². The summed E-state index contributed by atoms with van der Waals surface area (Å²) in [6.07, 6.45) is 0. The zero-order chi connectivity index (χ0) is 14.6. The summed E-state index contributed by atoms with van der Waals surface area (Å²) in [6, 6.07) is 14.1. The summed E-state index contributed by atoms with van der Waals surface area (Å²) in [4.78, 5) is 14.5. The van der Waals surface area contributed by atoms with Crippen LogP contribution >= 0.6 is 0 Å². The third-order valence-electron chi connectivity index (χ3n) is 4.55. The maximum absolute atomic E-state index is 12.6. The third kappa shape index (κ3) is 1.77. The van der Waals surface area contributed by atoms with Gasteiger partial charge in [-0.3, -0.25) is 4.79 Å². The van der Waals surface area contributed by atoms with Gasteiger partial charge in [-0.1, -0.05) is 35.9 Å². The van der Waals surface area contributed by atoms with Crippen molar-refractivity contribution in [3.05, 3.63) is 59.2 Å². The van der Waals surface area contributed by atoms with Crippen LogP contribution < -0.4 is 4.74 Å². The second kappa shape index (κ2) is 4.35. The zero-order valence-corrected chi connectivity index (χ0v) is 12.2. The molecule has 4 rings (SSSR count). The van der Waals surface area contributed by atoms with E-state index in [-0.39, 0.29) is 17.7 Å². The molecule has 1 fully saturated rings. The molecular formula is C18H17NO2. The number of para-hydroxylation sites is 1. The molecule has 0 spiro atoms. The lowest BCUT2D eigenvalue weighted by Gasteiger charge is -2.15. The highest BCUT2D eigenvalue weighted by atomic mass is 16.5. The highest BCUT2D eigenvalue weighted by Crippen LogP contribution is 2.49. The van der Waals surface area contributed by atoms with Gasteiger partial charge in [0.15, 0.2) is 0 Å². The molecule has 21 heavy (non-hydrogen) atoms. The van der Waals surface area contributed by atoms with Crippen molar-refractivity contribution in [2.75, 3.05) is 13.6 Å². The first kappa shape index (κ1) is 12.5. The number of likely N-dealkylation sites (tertiary alicyclic amines) is 1. The van der Waals surface area contributed by atoms with Gasteiger partial charge in [-0.15, -0.1) is 0 Å². The number of benzene rings is 2. The van der Waals surface area contributed by atoms with Crippen LogP contribution in [0.15, 0.2) is 42.5 Å². The first-order valence-corrected chi connectivity index (χ1v) is 7.27. The SMILES string of the molecule is Cc1ccc2c(c1)[C@H]1CN(C)C(=O)[C@@H]1c1ccccc1O2. The molecule has 0 bridgehead atoms. The van der Waals surface area contributed by atoms with Crippen LogP contribution in [-0.4, -0.2) is 24.4 Å². The smallest absolute Gasteiger partial charge is 0.230 e. The largest absolute Gasteiger partial charge is 0.457 e. The van der Waals surface area contributed by atoms with E-state index < -0.39 is 0 Å².